The molecule has 3 nitrogen and oxygen atoms in total. The van der Waals surface area contributed by atoms with Crippen LogP contribution < -0.4 is 4.74 Å². The Balaban J connectivity index is 2.11. The molecule has 19 heavy (non-hydrogen) atoms. The molecule has 0 atom stereocenters. The molecule has 0 radical (unpaired) electrons. The first kappa shape index (κ1) is 13.1. The molecule has 0 saturated carbocycles. The van der Waals surface area contributed by atoms with Crippen LogP contribution in [0, 0.1) is 18.8 Å². The fraction of sp³-hybridized carbons (Fsp3) is 0.188. The van der Waals surface area contributed by atoms with Crippen molar-refractivity contribution in [2.24, 2.45) is 0 Å². The van der Waals surface area contributed by atoms with Gasteiger partial charge in [-0.15, -0.1) is 0 Å². The highest BCUT2D eigenvalue weighted by molar-refractivity contribution is 5.45. The Morgan fingerprint density at radius 3 is 2.79 bits per heavy atom. The third kappa shape index (κ3) is 3.84. The van der Waals surface area contributed by atoms with Crippen LogP contribution in [0.25, 0.3) is 0 Å². The monoisotopic (exact) mass is 253 g/mol. The Morgan fingerprint density at radius 1 is 1.16 bits per heavy atom. The Hall–Kier alpha value is -2.31. The smallest absolute Gasteiger partial charge is 0.135 e. The summed E-state index contributed by atoms with van der Waals surface area (Å²) in [6.45, 7) is 2.19. The zero-order chi connectivity index (χ0) is 13.5. The van der Waals surface area contributed by atoms with Gasteiger partial charge in [0.1, 0.15) is 19.0 Å². The van der Waals surface area contributed by atoms with Crippen LogP contribution in [-0.4, -0.2) is 16.7 Å². The van der Waals surface area contributed by atoms with E-state index in [1.807, 2.05) is 49.4 Å². The zero-order valence-electron chi connectivity index (χ0n) is 10.8. The number of aromatic nitrogens is 1. The van der Waals surface area contributed by atoms with Crippen LogP contribution >= 0.6 is 0 Å². The maximum atomic E-state index is 8.73. The highest BCUT2D eigenvalue weighted by Crippen LogP contribution is 2.17. The lowest BCUT2D eigenvalue weighted by molar-refractivity contribution is 0.300. The minimum atomic E-state index is -0.159. The van der Waals surface area contributed by atoms with Gasteiger partial charge in [0.05, 0.1) is 11.3 Å². The van der Waals surface area contributed by atoms with Crippen molar-refractivity contribution in [2.75, 3.05) is 6.61 Å². The van der Waals surface area contributed by atoms with E-state index in [1.165, 1.54) is 0 Å². The second kappa shape index (κ2) is 6.58. The minimum Gasteiger partial charge on any atom is -0.486 e. The lowest BCUT2D eigenvalue weighted by Gasteiger charge is -2.08. The van der Waals surface area contributed by atoms with Crippen molar-refractivity contribution >= 4 is 0 Å². The van der Waals surface area contributed by atoms with E-state index < -0.39 is 0 Å². The number of nitrogens with zero attached hydrogens (tertiary/aromatic N) is 1. The van der Waals surface area contributed by atoms with Crippen molar-refractivity contribution in [3.05, 3.63) is 59.4 Å². The highest BCUT2D eigenvalue weighted by atomic mass is 16.5. The second-order valence-corrected chi connectivity index (χ2v) is 4.02. The molecule has 0 fully saturated rings. The summed E-state index contributed by atoms with van der Waals surface area (Å²) in [6, 6.07) is 13.3. The number of hydrogen-bond acceptors (Lipinski definition) is 3. The van der Waals surface area contributed by atoms with Crippen LogP contribution in [0.3, 0.4) is 0 Å². The minimum absolute atomic E-state index is 0.159. The molecule has 0 saturated heterocycles. The molecule has 0 amide bonds. The van der Waals surface area contributed by atoms with E-state index in [9.17, 15) is 0 Å². The summed E-state index contributed by atoms with van der Waals surface area (Å²) in [5.41, 5.74) is 2.61. The molecule has 3 heteroatoms. The van der Waals surface area contributed by atoms with Gasteiger partial charge in [-0.3, -0.25) is 4.98 Å². The van der Waals surface area contributed by atoms with Gasteiger partial charge in [-0.2, -0.15) is 0 Å². The van der Waals surface area contributed by atoms with Crippen LogP contribution in [0.4, 0.5) is 0 Å². The van der Waals surface area contributed by atoms with Crippen LogP contribution in [0.2, 0.25) is 0 Å². The van der Waals surface area contributed by atoms with E-state index in [-0.39, 0.29) is 6.61 Å². The molecule has 0 aliphatic heterocycles. The van der Waals surface area contributed by atoms with Gasteiger partial charge in [-0.25, -0.2) is 0 Å². The second-order valence-electron chi connectivity index (χ2n) is 4.02. The van der Waals surface area contributed by atoms with Crippen LogP contribution in [0.1, 0.15) is 17.0 Å². The van der Waals surface area contributed by atoms with Crippen molar-refractivity contribution in [3.63, 3.8) is 0 Å². The van der Waals surface area contributed by atoms with Crippen molar-refractivity contribution in [2.45, 2.75) is 13.5 Å². The molecular weight excluding hydrogens is 238 g/mol. The van der Waals surface area contributed by atoms with Gasteiger partial charge in [-0.05, 0) is 31.2 Å². The normalized spacial score (nSPS) is 9.58. The molecule has 96 valence electrons. The van der Waals surface area contributed by atoms with E-state index in [0.29, 0.717) is 12.4 Å². The van der Waals surface area contributed by atoms with Crippen molar-refractivity contribution in [1.29, 1.82) is 0 Å². The summed E-state index contributed by atoms with van der Waals surface area (Å²) in [6.07, 6.45) is 0. The summed E-state index contributed by atoms with van der Waals surface area (Å²) in [5, 5.41) is 8.73. The Labute approximate surface area is 112 Å². The molecular formula is C16H15NO2. The number of rotatable bonds is 3. The van der Waals surface area contributed by atoms with Crippen molar-refractivity contribution in [1.82, 2.24) is 4.98 Å². The first-order chi connectivity index (χ1) is 9.29. The molecule has 1 heterocycles. The van der Waals surface area contributed by atoms with Gasteiger partial charge in [0.15, 0.2) is 0 Å². The SMILES string of the molecule is Cc1cccc(COc2ccccc2C#CCO)n1. The van der Waals surface area contributed by atoms with Crippen LogP contribution in [0.15, 0.2) is 42.5 Å². The highest BCUT2D eigenvalue weighted by Gasteiger charge is 2.01. The van der Waals surface area contributed by atoms with E-state index in [1.54, 1.807) is 0 Å². The summed E-state index contributed by atoms with van der Waals surface area (Å²) in [4.78, 5) is 4.38. The molecule has 0 spiro atoms. The molecule has 0 bridgehead atoms. The summed E-state index contributed by atoms with van der Waals surface area (Å²) < 4.78 is 5.73. The Morgan fingerprint density at radius 2 is 2.00 bits per heavy atom. The first-order valence-electron chi connectivity index (χ1n) is 6.03. The van der Waals surface area contributed by atoms with Gasteiger partial charge in [-0.1, -0.05) is 30.0 Å². The summed E-state index contributed by atoms with van der Waals surface area (Å²) >= 11 is 0. The zero-order valence-corrected chi connectivity index (χ0v) is 10.8. The first-order valence-corrected chi connectivity index (χ1v) is 6.03. The van der Waals surface area contributed by atoms with Gasteiger partial charge < -0.3 is 9.84 Å². The Kier molecular flexibility index (Phi) is 4.54. The van der Waals surface area contributed by atoms with E-state index >= 15 is 0 Å². The maximum Gasteiger partial charge on any atom is 0.135 e. The Bertz CT molecular complexity index is 611. The number of aliphatic hydroxyl groups excluding tert-OH is 1. The molecule has 2 aromatic rings. The number of benzene rings is 1. The number of para-hydroxylation sites is 1. The van der Waals surface area contributed by atoms with Gasteiger partial charge in [0.25, 0.3) is 0 Å². The average molecular weight is 253 g/mol. The quantitative estimate of drug-likeness (QED) is 0.854. The molecule has 1 aromatic heterocycles. The van der Waals surface area contributed by atoms with Crippen molar-refractivity contribution < 1.29 is 9.84 Å². The molecule has 0 aliphatic carbocycles. The molecule has 0 aliphatic rings. The van der Waals surface area contributed by atoms with Gasteiger partial charge >= 0.3 is 0 Å². The van der Waals surface area contributed by atoms with E-state index in [0.717, 1.165) is 17.0 Å². The fourth-order valence-electron chi connectivity index (χ4n) is 1.66. The predicted molar refractivity (Wildman–Crippen MR) is 73.7 cm³/mol. The third-order valence-electron chi connectivity index (χ3n) is 2.51. The summed E-state index contributed by atoms with van der Waals surface area (Å²) in [7, 11) is 0. The van der Waals surface area contributed by atoms with E-state index in [4.69, 9.17) is 9.84 Å². The lowest BCUT2D eigenvalue weighted by Crippen LogP contribution is -2.00. The number of aliphatic hydroxyl groups is 1. The van der Waals surface area contributed by atoms with E-state index in [2.05, 4.69) is 16.8 Å². The maximum absolute atomic E-state index is 8.73. The molecule has 1 N–H and O–H groups in total. The van der Waals surface area contributed by atoms with Gasteiger partial charge in [0, 0.05) is 5.69 Å². The fourth-order valence-corrected chi connectivity index (χ4v) is 1.66. The number of hydrogen-bond donors (Lipinski definition) is 1. The van der Waals surface area contributed by atoms with Crippen LogP contribution in [0.5, 0.6) is 5.75 Å². The van der Waals surface area contributed by atoms with Gasteiger partial charge in [0.2, 0.25) is 0 Å². The third-order valence-corrected chi connectivity index (χ3v) is 2.51. The average Bonchev–Trinajstić information content (AvgIpc) is 2.44. The standard InChI is InChI=1S/C16H15NO2/c1-13-6-4-9-15(17-13)12-19-16-10-3-2-7-14(16)8-5-11-18/h2-4,6-7,9-10,18H,11-12H2,1H3. The summed E-state index contributed by atoms with van der Waals surface area (Å²) in [5.74, 6) is 6.19. The number of aryl methyl sites for hydroxylation is 1. The largest absolute Gasteiger partial charge is 0.486 e. The van der Waals surface area contributed by atoms with Crippen LogP contribution in [-0.2, 0) is 6.61 Å². The number of pyridine rings is 1. The number of ether oxygens (including phenoxy) is 1. The molecule has 2 rings (SSSR count). The van der Waals surface area contributed by atoms with Crippen molar-refractivity contribution in [3.8, 4) is 17.6 Å². The topological polar surface area (TPSA) is 42.4 Å². The lowest BCUT2D eigenvalue weighted by atomic mass is 10.2. The molecule has 1 aromatic carbocycles. The predicted octanol–water partition coefficient (Wildman–Crippen LogP) is 2.31. The molecule has 0 unspecified atom stereocenters.